The lowest BCUT2D eigenvalue weighted by atomic mass is 10.0. The molecular weight excluding hydrogens is 338 g/mol. The van der Waals surface area contributed by atoms with Gasteiger partial charge in [-0.15, -0.1) is 0 Å². The van der Waals surface area contributed by atoms with Gasteiger partial charge in [-0.3, -0.25) is 4.79 Å². The Morgan fingerprint density at radius 3 is 2.58 bits per heavy atom. The van der Waals surface area contributed by atoms with Gasteiger partial charge in [0, 0.05) is 10.9 Å². The molecule has 0 aromatic heterocycles. The Labute approximate surface area is 122 Å². The predicted octanol–water partition coefficient (Wildman–Crippen LogP) is 4.81. The van der Waals surface area contributed by atoms with Crippen LogP contribution < -0.4 is 0 Å². The molecule has 2 rings (SSSR count). The highest BCUT2D eigenvalue weighted by Gasteiger charge is 2.17. The highest BCUT2D eigenvalue weighted by Crippen LogP contribution is 2.23. The summed E-state index contributed by atoms with van der Waals surface area (Å²) < 4.78 is 27.8. The molecule has 1 nitrogen and oxygen atoms in total. The molecule has 0 heterocycles. The highest BCUT2D eigenvalue weighted by molar-refractivity contribution is 9.10. The third kappa shape index (κ3) is 3.19. The van der Waals surface area contributed by atoms with E-state index in [0.717, 1.165) is 6.07 Å². The van der Waals surface area contributed by atoms with Gasteiger partial charge in [0.2, 0.25) is 0 Å². The minimum absolute atomic E-state index is 0.0282. The zero-order chi connectivity index (χ0) is 14.0. The molecule has 0 aliphatic heterocycles. The van der Waals surface area contributed by atoms with Crippen molar-refractivity contribution in [1.82, 2.24) is 0 Å². The van der Waals surface area contributed by atoms with Gasteiger partial charge >= 0.3 is 0 Å². The van der Waals surface area contributed by atoms with Gasteiger partial charge in [0.15, 0.2) is 5.78 Å². The molecule has 2 aromatic rings. The van der Waals surface area contributed by atoms with E-state index in [4.69, 9.17) is 11.6 Å². The molecule has 0 radical (unpaired) electrons. The summed E-state index contributed by atoms with van der Waals surface area (Å²) in [4.78, 5) is 12.0. The molecule has 98 valence electrons. The first-order chi connectivity index (χ1) is 8.99. The fourth-order valence-electron chi connectivity index (χ4n) is 1.70. The first kappa shape index (κ1) is 14.2. The summed E-state index contributed by atoms with van der Waals surface area (Å²) in [7, 11) is 0. The second kappa shape index (κ2) is 5.80. The Morgan fingerprint density at radius 2 is 1.89 bits per heavy atom. The molecule has 0 amide bonds. The normalized spacial score (nSPS) is 10.5. The molecule has 5 heteroatoms. The van der Waals surface area contributed by atoms with Gasteiger partial charge in [-0.05, 0) is 35.9 Å². The third-order valence-electron chi connectivity index (χ3n) is 2.60. The Bertz CT molecular complexity index is 623. The van der Waals surface area contributed by atoms with Gasteiger partial charge in [-0.2, -0.15) is 0 Å². The molecule has 0 aliphatic carbocycles. The summed E-state index contributed by atoms with van der Waals surface area (Å²) in [5, 5.41) is 0.0282. The summed E-state index contributed by atoms with van der Waals surface area (Å²) in [6.07, 6.45) is -0.244. The Balaban J connectivity index is 2.34. The van der Waals surface area contributed by atoms with E-state index in [2.05, 4.69) is 15.9 Å². The maximum Gasteiger partial charge on any atom is 0.171 e. The van der Waals surface area contributed by atoms with Crippen LogP contribution in [0, 0.1) is 11.6 Å². The second-order valence-electron chi connectivity index (χ2n) is 3.93. The second-order valence-corrected chi connectivity index (χ2v) is 5.26. The number of Topliss-reactive ketones (excluding diaryl/α,β-unsaturated/α-hetero) is 1. The zero-order valence-corrected chi connectivity index (χ0v) is 11.9. The topological polar surface area (TPSA) is 17.1 Å². The summed E-state index contributed by atoms with van der Waals surface area (Å²) in [6.45, 7) is 0. The number of hydrogen-bond acceptors (Lipinski definition) is 1. The summed E-state index contributed by atoms with van der Waals surface area (Å²) >= 11 is 8.99. The van der Waals surface area contributed by atoms with Crippen molar-refractivity contribution in [3.63, 3.8) is 0 Å². The van der Waals surface area contributed by atoms with Crippen LogP contribution in [0.4, 0.5) is 8.78 Å². The van der Waals surface area contributed by atoms with Gasteiger partial charge < -0.3 is 0 Å². The molecule has 0 saturated carbocycles. The molecule has 0 N–H and O–H groups in total. The number of ketones is 1. The van der Waals surface area contributed by atoms with Gasteiger partial charge in [-0.25, -0.2) is 8.78 Å². The molecule has 0 unspecified atom stereocenters. The Kier molecular flexibility index (Phi) is 4.32. The molecule has 0 bridgehead atoms. The molecule has 19 heavy (non-hydrogen) atoms. The number of halogens is 4. The number of carbonyl (C=O) groups is 1. The number of benzene rings is 2. The fourth-order valence-corrected chi connectivity index (χ4v) is 2.38. The third-order valence-corrected chi connectivity index (χ3v) is 3.41. The van der Waals surface area contributed by atoms with Crippen molar-refractivity contribution >= 4 is 33.3 Å². The van der Waals surface area contributed by atoms with Crippen LogP contribution in [0.25, 0.3) is 0 Å². The smallest absolute Gasteiger partial charge is 0.171 e. The van der Waals surface area contributed by atoms with Crippen LogP contribution in [-0.2, 0) is 6.42 Å². The monoisotopic (exact) mass is 344 g/mol. The predicted molar refractivity (Wildman–Crippen MR) is 73.5 cm³/mol. The van der Waals surface area contributed by atoms with Crippen LogP contribution in [0.5, 0.6) is 0 Å². The quantitative estimate of drug-likeness (QED) is 0.730. The Hall–Kier alpha value is -1.26. The minimum atomic E-state index is -0.701. The maximum absolute atomic E-state index is 13.6. The largest absolute Gasteiger partial charge is 0.294 e. The van der Waals surface area contributed by atoms with Crippen LogP contribution in [0.15, 0.2) is 40.9 Å². The van der Waals surface area contributed by atoms with E-state index in [-0.39, 0.29) is 22.6 Å². The molecule has 0 aliphatic rings. The molecule has 2 aromatic carbocycles. The van der Waals surface area contributed by atoms with E-state index >= 15 is 0 Å². The summed E-state index contributed by atoms with van der Waals surface area (Å²) in [5.74, 6) is -1.77. The van der Waals surface area contributed by atoms with E-state index in [1.54, 1.807) is 0 Å². The lowest BCUT2D eigenvalue weighted by Crippen LogP contribution is -2.08. The first-order valence-electron chi connectivity index (χ1n) is 5.40. The lowest BCUT2D eigenvalue weighted by molar-refractivity contribution is 0.0988. The number of carbonyl (C=O) groups excluding carboxylic acids is 1. The molecule has 0 spiro atoms. The van der Waals surface area contributed by atoms with E-state index in [9.17, 15) is 13.6 Å². The van der Waals surface area contributed by atoms with Crippen LogP contribution in [0.2, 0.25) is 5.02 Å². The first-order valence-corrected chi connectivity index (χ1v) is 6.57. The molecular formula is C14H8BrClF2O. The van der Waals surface area contributed by atoms with Crippen LogP contribution in [0.1, 0.15) is 15.9 Å². The average Bonchev–Trinajstić information content (AvgIpc) is 2.33. The van der Waals surface area contributed by atoms with Gasteiger partial charge in [0.05, 0.1) is 10.6 Å². The standard InChI is InChI=1S/C14H8BrClF2O/c15-9-4-5-11(17)8(6-9)7-13(19)14-10(16)2-1-3-12(14)18/h1-6H,7H2. The van der Waals surface area contributed by atoms with E-state index in [1.807, 2.05) is 0 Å². The maximum atomic E-state index is 13.6. The van der Waals surface area contributed by atoms with Crippen molar-refractivity contribution < 1.29 is 13.6 Å². The highest BCUT2D eigenvalue weighted by atomic mass is 79.9. The minimum Gasteiger partial charge on any atom is -0.294 e. The van der Waals surface area contributed by atoms with Crippen LogP contribution >= 0.6 is 27.5 Å². The fraction of sp³-hybridized carbons (Fsp3) is 0.0714. The molecule has 0 saturated heterocycles. The van der Waals surface area contributed by atoms with Crippen molar-refractivity contribution in [3.8, 4) is 0 Å². The number of hydrogen-bond donors (Lipinski definition) is 0. The van der Waals surface area contributed by atoms with Crippen molar-refractivity contribution in [2.45, 2.75) is 6.42 Å². The zero-order valence-electron chi connectivity index (χ0n) is 9.59. The van der Waals surface area contributed by atoms with E-state index in [0.29, 0.717) is 4.47 Å². The van der Waals surface area contributed by atoms with Crippen molar-refractivity contribution in [2.75, 3.05) is 0 Å². The van der Waals surface area contributed by atoms with Crippen LogP contribution in [-0.4, -0.2) is 5.78 Å². The Morgan fingerprint density at radius 1 is 1.16 bits per heavy atom. The van der Waals surface area contributed by atoms with E-state index in [1.165, 1.54) is 30.3 Å². The average molecular weight is 346 g/mol. The van der Waals surface area contributed by atoms with Crippen molar-refractivity contribution in [2.24, 2.45) is 0 Å². The van der Waals surface area contributed by atoms with E-state index < -0.39 is 17.4 Å². The summed E-state index contributed by atoms with van der Waals surface area (Å²) in [6, 6.07) is 8.25. The van der Waals surface area contributed by atoms with Gasteiger partial charge in [0.1, 0.15) is 11.6 Å². The van der Waals surface area contributed by atoms with Crippen LogP contribution in [0.3, 0.4) is 0 Å². The van der Waals surface area contributed by atoms with Gasteiger partial charge in [0.25, 0.3) is 0 Å². The number of rotatable bonds is 3. The van der Waals surface area contributed by atoms with Gasteiger partial charge in [-0.1, -0.05) is 33.6 Å². The SMILES string of the molecule is O=C(Cc1cc(Br)ccc1F)c1c(F)cccc1Cl. The van der Waals surface area contributed by atoms with Crippen molar-refractivity contribution in [3.05, 3.63) is 68.7 Å². The molecule has 0 atom stereocenters. The lowest BCUT2D eigenvalue weighted by Gasteiger charge is -2.06. The molecule has 0 fully saturated rings. The van der Waals surface area contributed by atoms with Crippen molar-refractivity contribution in [1.29, 1.82) is 0 Å². The summed E-state index contributed by atoms with van der Waals surface area (Å²) in [5.41, 5.74) is -0.0118.